The first kappa shape index (κ1) is 104. The smallest absolute Gasteiger partial charge is 0.261 e. The van der Waals surface area contributed by atoms with Crippen LogP contribution in [-0.4, -0.2) is 122 Å². The van der Waals surface area contributed by atoms with Gasteiger partial charge in [0.1, 0.15) is 37.9 Å². The SMILES string of the molecule is COc1cc2c(cc1OCc1cc(COc3cc4c(cc3C)C(=O)N3c5ccccc5C[C@H]3C=N4)cc(NC(=O)[C@@H](C)CC(=O)[C@H](C)NC(=O)CCC(C)(C)C)c1)N=C[C@@H]1Cc3ccccc3N1C2=O.COc1cc2c(cc1OCc1cc(COc3cc4c(cc3C)C(=O)N3c5ccccc5C[C@H]3[CH-]C4)cc(NC(=O)[C@@H](C)CC(=O)[C@H](C)NC(=O)CCC(C)(C)C)c1)C[CH-][C@@H]1Cc3ccccc3N1C2=O.[Y].[Y]. The molecule has 2 radical (unpaired) electrons. The molecular formula is C114H120N10O16Y2-2. The number of anilines is 6. The summed E-state index contributed by atoms with van der Waals surface area (Å²) in [4.78, 5) is 152. The van der Waals surface area contributed by atoms with E-state index in [4.69, 9.17) is 38.4 Å². The van der Waals surface area contributed by atoms with E-state index in [0.717, 1.165) is 85.7 Å². The Balaban J connectivity index is 0.000000211. The molecule has 4 N–H and O–H groups in total. The van der Waals surface area contributed by atoms with Crippen molar-refractivity contribution in [1.29, 1.82) is 0 Å². The Morgan fingerprint density at radius 2 is 0.718 bits per heavy atom. The molecule has 18 rings (SSSR count). The maximum Gasteiger partial charge on any atom is 0.261 e. The summed E-state index contributed by atoms with van der Waals surface area (Å²) in [6.45, 7) is 23.2. The molecule has 8 amide bonds. The average molecular weight is 2060 g/mol. The number of carbonyl (C=O) groups excluding carboxylic acids is 10. The second-order valence-electron chi connectivity index (χ2n) is 40.4. The van der Waals surface area contributed by atoms with E-state index in [9.17, 15) is 47.9 Å². The first-order chi connectivity index (χ1) is 67.1. The minimum atomic E-state index is -0.747. The van der Waals surface area contributed by atoms with Gasteiger partial charge in [-0.25, -0.2) is 0 Å². The summed E-state index contributed by atoms with van der Waals surface area (Å²) in [5.41, 5.74) is 18.3. The zero-order chi connectivity index (χ0) is 98.9. The van der Waals surface area contributed by atoms with Crippen LogP contribution in [0, 0.1) is 49.4 Å². The van der Waals surface area contributed by atoms with Crippen LogP contribution in [-0.2, 0) is 159 Å². The van der Waals surface area contributed by atoms with Gasteiger partial charge in [-0.05, 0) is 217 Å². The van der Waals surface area contributed by atoms with Gasteiger partial charge in [0, 0.05) is 186 Å². The summed E-state index contributed by atoms with van der Waals surface area (Å²) in [5.74, 6) is -0.622. The molecule has 10 aromatic carbocycles. The van der Waals surface area contributed by atoms with Crippen LogP contribution in [0.4, 0.5) is 45.5 Å². The molecule has 8 aliphatic heterocycles. The summed E-state index contributed by atoms with van der Waals surface area (Å²) in [7, 11) is 3.07. The first-order valence-electron chi connectivity index (χ1n) is 48.2. The van der Waals surface area contributed by atoms with Gasteiger partial charge in [-0.3, -0.25) is 67.7 Å². The Morgan fingerprint density at radius 3 is 1.12 bits per heavy atom. The maximum absolute atomic E-state index is 14.1. The van der Waals surface area contributed by atoms with Crippen molar-refractivity contribution in [3.05, 3.63) is 284 Å². The van der Waals surface area contributed by atoms with Crippen molar-refractivity contribution in [2.75, 3.05) is 44.5 Å². The fourth-order valence-corrected chi connectivity index (χ4v) is 19.5. The fraction of sp³-hybridized carbons (Fsp3) is 0.351. The predicted octanol–water partition coefficient (Wildman–Crippen LogP) is 19.3. The number of nitrogens with zero attached hydrogens (tertiary/aromatic N) is 6. The molecule has 26 nitrogen and oxygen atoms in total. The number of nitrogens with one attached hydrogen (secondary N) is 4. The number of ketones is 2. The second-order valence-corrected chi connectivity index (χ2v) is 40.4. The Bertz CT molecular complexity index is 6680. The quantitative estimate of drug-likeness (QED) is 0.0304. The van der Waals surface area contributed by atoms with E-state index < -0.39 is 23.9 Å². The molecular weight excluding hydrogens is 1940 g/mol. The fourth-order valence-electron chi connectivity index (χ4n) is 19.5. The van der Waals surface area contributed by atoms with Crippen molar-refractivity contribution in [2.24, 2.45) is 32.7 Å². The van der Waals surface area contributed by atoms with Crippen LogP contribution in [0.2, 0.25) is 0 Å². The van der Waals surface area contributed by atoms with Gasteiger partial charge >= 0.3 is 0 Å². The van der Waals surface area contributed by atoms with Gasteiger partial charge in [0.05, 0.1) is 60.9 Å². The molecule has 0 spiro atoms. The molecule has 0 saturated heterocycles. The molecule has 0 saturated carbocycles. The zero-order valence-electron chi connectivity index (χ0n) is 82.9. The maximum atomic E-state index is 14.1. The van der Waals surface area contributed by atoms with Gasteiger partial charge in [0.25, 0.3) is 23.6 Å². The van der Waals surface area contributed by atoms with Crippen molar-refractivity contribution in [2.45, 2.75) is 223 Å². The molecule has 0 aromatic heterocycles. The Morgan fingerprint density at radius 1 is 0.394 bits per heavy atom. The van der Waals surface area contributed by atoms with Crippen molar-refractivity contribution in [3.8, 4) is 34.5 Å². The van der Waals surface area contributed by atoms with Crippen LogP contribution in [0.5, 0.6) is 34.5 Å². The molecule has 0 fully saturated rings. The number of methoxy groups -OCH3 is 2. The third-order valence-corrected chi connectivity index (χ3v) is 27.3. The standard InChI is InChI=1S/C58H62N4O8.C56H58N6O8.2Y/c1-34-22-46-39(16-18-44-27-41-12-8-10-14-48(41)61(44)56(46)66)29-51(34)69-32-37-24-38(26-43(25-37)60-55(65)35(2)23-50(63)36(3)59-54(64)20-21-58(4,5)6)33-70-53-30-40-17-19-45-28-42-13-9-11-15-49(42)62(45)57(67)47(40)31-52(53)68-7;1-32-18-42-44(57-28-40-23-37-12-8-10-14-46(37)61(40)54(42)66)26-49(32)69-30-35-20-36(22-39(21-35)60-53(65)33(2)19-48(63)34(3)59-52(64)16-17-56(4,5)6)31-70-51-27-45-43(25-50(51)68-7)55(67)62-41(29-58-45)24-38-13-9-11-15-47(38)62;;/h8-15,18-19,22,24-26,29-31,35-36,44-45H,16-17,20-21,23,27-28,32-33H2,1-7H3,(H,59,64)(H,60,65);8-15,18,20-22,25-29,33-34,40-41H,16-17,19,23-24,30-31H2,1-7H3,(H,59,64)(H,60,65);;/q-2;;;/t35-,36-,44+,45+;33-,34-,40-,41-;;/m00../s1. The van der Waals surface area contributed by atoms with E-state index in [-0.39, 0.29) is 199 Å². The van der Waals surface area contributed by atoms with E-state index in [1.165, 1.54) is 12.7 Å². The van der Waals surface area contributed by atoms with Crippen LogP contribution in [0.3, 0.4) is 0 Å². The molecule has 0 unspecified atom stereocenters. The number of aryl methyl sites for hydroxylation is 2. The number of fused-ring (bicyclic) bond motifs is 16. The average Bonchev–Trinajstić information content (AvgIpc) is 1.62. The Kier molecular flexibility index (Phi) is 32.4. The number of hydrogen-bond donors (Lipinski definition) is 4. The third-order valence-electron chi connectivity index (χ3n) is 27.3. The molecule has 8 atom stereocenters. The molecule has 730 valence electrons. The van der Waals surface area contributed by atoms with E-state index in [0.29, 0.717) is 142 Å². The summed E-state index contributed by atoms with van der Waals surface area (Å²) < 4.78 is 37.5. The number of hydrogen-bond acceptors (Lipinski definition) is 18. The number of amides is 8. The normalized spacial score (nSPS) is 17.2. The number of para-hydroxylation sites is 4. The summed E-state index contributed by atoms with van der Waals surface area (Å²) in [5, 5.41) is 11.6. The molecule has 8 heterocycles. The summed E-state index contributed by atoms with van der Waals surface area (Å²) in [6.07, 6.45) is 14.0. The van der Waals surface area contributed by atoms with Crippen LogP contribution in [0.1, 0.15) is 216 Å². The van der Waals surface area contributed by atoms with E-state index >= 15 is 0 Å². The topological polar surface area (TPSA) is 312 Å². The summed E-state index contributed by atoms with van der Waals surface area (Å²) >= 11 is 0. The zero-order valence-corrected chi connectivity index (χ0v) is 88.6. The van der Waals surface area contributed by atoms with Gasteiger partial charge in [0.15, 0.2) is 34.6 Å². The van der Waals surface area contributed by atoms with E-state index in [1.54, 1.807) is 82.3 Å². The monoisotopic (exact) mass is 2060 g/mol. The minimum absolute atomic E-state index is 0. The van der Waals surface area contributed by atoms with Crippen molar-refractivity contribution >= 4 is 117 Å². The second kappa shape index (κ2) is 44.3. The van der Waals surface area contributed by atoms with Crippen molar-refractivity contribution in [1.82, 2.24) is 10.6 Å². The van der Waals surface area contributed by atoms with Gasteiger partial charge in [-0.2, -0.15) is 12.8 Å². The van der Waals surface area contributed by atoms with Crippen molar-refractivity contribution < 1.29 is 142 Å². The van der Waals surface area contributed by atoms with Crippen LogP contribution < -0.4 is 69.3 Å². The van der Waals surface area contributed by atoms with Crippen LogP contribution in [0.25, 0.3) is 0 Å². The van der Waals surface area contributed by atoms with E-state index in [2.05, 4.69) is 87.8 Å². The number of rotatable bonds is 30. The minimum Gasteiger partial charge on any atom is -0.493 e. The largest absolute Gasteiger partial charge is 0.493 e. The number of ether oxygens (including phenoxy) is 6. The molecule has 142 heavy (non-hydrogen) atoms. The van der Waals surface area contributed by atoms with Crippen LogP contribution in [0.15, 0.2) is 192 Å². The molecule has 8 aliphatic rings. The number of Topliss-reactive ketones (excluding diaryl/α,β-unsaturated/α-hetero) is 2. The Hall–Kier alpha value is -12.4. The number of benzene rings is 10. The Labute approximate surface area is 880 Å². The van der Waals surface area contributed by atoms with Gasteiger partial charge in [-0.15, -0.1) is 0 Å². The van der Waals surface area contributed by atoms with Gasteiger partial charge in [0.2, 0.25) is 23.6 Å². The molecule has 28 heteroatoms. The summed E-state index contributed by atoms with van der Waals surface area (Å²) in [6, 6.07) is 55.5. The number of carbonyl (C=O) groups is 10. The molecule has 0 aliphatic carbocycles. The number of aliphatic imine (C=N–C) groups is 2. The van der Waals surface area contributed by atoms with Crippen LogP contribution >= 0.6 is 0 Å². The van der Waals surface area contributed by atoms with E-state index in [1.807, 2.05) is 168 Å². The van der Waals surface area contributed by atoms with Gasteiger partial charge in [-0.1, -0.05) is 151 Å². The molecule has 10 aromatic rings. The third kappa shape index (κ3) is 23.4. The first-order valence-corrected chi connectivity index (χ1v) is 48.2. The van der Waals surface area contributed by atoms with Crippen molar-refractivity contribution in [3.63, 3.8) is 0 Å². The predicted molar refractivity (Wildman–Crippen MR) is 541 cm³/mol. The molecule has 0 bridgehead atoms. The van der Waals surface area contributed by atoms with Gasteiger partial charge < -0.3 is 72.3 Å².